The van der Waals surface area contributed by atoms with Crippen LogP contribution < -0.4 is 0 Å². The zero-order chi connectivity index (χ0) is 24.1. The lowest BCUT2D eigenvalue weighted by atomic mass is 9.90. The molecule has 0 radical (unpaired) electrons. The minimum atomic E-state index is -0.913. The van der Waals surface area contributed by atoms with Gasteiger partial charge in [-0.05, 0) is 87.2 Å². The van der Waals surface area contributed by atoms with Crippen molar-refractivity contribution in [3.05, 3.63) is 64.3 Å². The molecule has 0 spiro atoms. The summed E-state index contributed by atoms with van der Waals surface area (Å²) in [5.74, 6) is -1.40. The third-order valence-corrected chi connectivity index (χ3v) is 4.52. The number of benzene rings is 2. The second-order valence-corrected chi connectivity index (χ2v) is 8.72. The zero-order valence-corrected chi connectivity index (χ0v) is 19.7. The predicted octanol–water partition coefficient (Wildman–Crippen LogP) is 5.44. The predicted molar refractivity (Wildman–Crippen MR) is 126 cm³/mol. The fraction of sp³-hybridized carbons (Fsp3) is 0.320. The van der Waals surface area contributed by atoms with Crippen LogP contribution in [0.15, 0.2) is 42.5 Å². The van der Waals surface area contributed by atoms with Crippen molar-refractivity contribution in [2.45, 2.75) is 46.6 Å². The van der Waals surface area contributed by atoms with Crippen LogP contribution >= 0.6 is 11.6 Å². The van der Waals surface area contributed by atoms with E-state index >= 15 is 0 Å². The topological polar surface area (TPSA) is 96.7 Å². The average molecular weight is 458 g/mol. The standard InChI is InChI=1S/C21H18ClNO4.C4H10O/c1-3-27-21(26)17-9-8-15-18(23-17)10-12(2)16(11-19(24)25)20(15)13-4-6-14(22)7-5-13;1-4(2,3)5/h4-10H,3,11H2,1-2H3,(H,24,25);5H,1-3H3. The van der Waals surface area contributed by atoms with Gasteiger partial charge in [-0.1, -0.05) is 23.7 Å². The van der Waals surface area contributed by atoms with E-state index in [1.165, 1.54) is 0 Å². The van der Waals surface area contributed by atoms with Gasteiger partial charge in [-0.15, -0.1) is 0 Å². The van der Waals surface area contributed by atoms with Crippen LogP contribution in [-0.4, -0.2) is 39.3 Å². The van der Waals surface area contributed by atoms with Gasteiger partial charge in [0, 0.05) is 10.4 Å². The summed E-state index contributed by atoms with van der Waals surface area (Å²) in [6, 6.07) is 12.4. The Labute approximate surface area is 192 Å². The molecule has 1 aromatic heterocycles. The van der Waals surface area contributed by atoms with Crippen LogP contribution in [0.1, 0.15) is 49.3 Å². The third kappa shape index (κ3) is 7.04. The molecule has 3 rings (SSSR count). The van der Waals surface area contributed by atoms with Crippen LogP contribution in [0.3, 0.4) is 0 Å². The molecule has 0 aliphatic rings. The number of hydrogen-bond donors (Lipinski definition) is 2. The molecule has 170 valence electrons. The Kier molecular flexibility index (Phi) is 8.36. The number of carbonyl (C=O) groups excluding carboxylic acids is 1. The minimum absolute atomic E-state index is 0.112. The number of rotatable bonds is 5. The minimum Gasteiger partial charge on any atom is -0.481 e. The molecule has 0 aliphatic carbocycles. The van der Waals surface area contributed by atoms with Crippen LogP contribution in [-0.2, 0) is 16.0 Å². The van der Waals surface area contributed by atoms with Crippen LogP contribution in [0, 0.1) is 6.92 Å². The summed E-state index contributed by atoms with van der Waals surface area (Å²) in [7, 11) is 0. The number of pyridine rings is 1. The molecular formula is C25H28ClNO5. The maximum atomic E-state index is 12.0. The van der Waals surface area contributed by atoms with Gasteiger partial charge < -0.3 is 14.9 Å². The van der Waals surface area contributed by atoms with Crippen molar-refractivity contribution < 1.29 is 24.5 Å². The molecule has 0 atom stereocenters. The first-order valence-corrected chi connectivity index (χ1v) is 10.6. The van der Waals surface area contributed by atoms with Gasteiger partial charge >= 0.3 is 11.9 Å². The number of carboxylic acids is 1. The summed E-state index contributed by atoms with van der Waals surface area (Å²) in [6.07, 6.45) is -0.112. The summed E-state index contributed by atoms with van der Waals surface area (Å²) in [5, 5.41) is 19.2. The molecule has 0 fully saturated rings. The number of aryl methyl sites for hydroxylation is 1. The number of aliphatic carboxylic acids is 1. The van der Waals surface area contributed by atoms with Gasteiger partial charge in [0.15, 0.2) is 0 Å². The molecule has 2 aromatic carbocycles. The average Bonchev–Trinajstić information content (AvgIpc) is 2.68. The molecular weight excluding hydrogens is 430 g/mol. The molecule has 6 nitrogen and oxygen atoms in total. The number of nitrogens with zero attached hydrogens (tertiary/aromatic N) is 1. The van der Waals surface area contributed by atoms with Crippen molar-refractivity contribution in [1.82, 2.24) is 4.98 Å². The molecule has 1 heterocycles. The Morgan fingerprint density at radius 2 is 1.69 bits per heavy atom. The largest absolute Gasteiger partial charge is 0.481 e. The summed E-state index contributed by atoms with van der Waals surface area (Å²) in [4.78, 5) is 27.8. The molecule has 0 unspecified atom stereocenters. The number of aliphatic hydroxyl groups is 1. The number of esters is 1. The van der Waals surface area contributed by atoms with Crippen molar-refractivity contribution in [2.24, 2.45) is 0 Å². The Hall–Kier alpha value is -2.96. The lowest BCUT2D eigenvalue weighted by Crippen LogP contribution is -2.10. The molecule has 0 bridgehead atoms. The van der Waals surface area contributed by atoms with Crippen molar-refractivity contribution in [2.75, 3.05) is 6.61 Å². The number of carbonyl (C=O) groups is 2. The zero-order valence-electron chi connectivity index (χ0n) is 18.9. The Morgan fingerprint density at radius 1 is 1.09 bits per heavy atom. The van der Waals surface area contributed by atoms with E-state index in [1.807, 2.05) is 19.1 Å². The van der Waals surface area contributed by atoms with E-state index in [0.717, 1.165) is 22.1 Å². The van der Waals surface area contributed by atoms with Crippen LogP contribution in [0.4, 0.5) is 0 Å². The number of fused-ring (bicyclic) bond motifs is 1. The third-order valence-electron chi connectivity index (χ3n) is 4.27. The van der Waals surface area contributed by atoms with Crippen LogP contribution in [0.2, 0.25) is 5.02 Å². The summed E-state index contributed by atoms with van der Waals surface area (Å²) in [6.45, 7) is 9.08. The number of carboxylic acid groups (broad SMARTS) is 1. The van der Waals surface area contributed by atoms with Crippen LogP contribution in [0.5, 0.6) is 0 Å². The highest BCUT2D eigenvalue weighted by atomic mass is 35.5. The van der Waals surface area contributed by atoms with Gasteiger partial charge in [0.1, 0.15) is 5.69 Å². The summed E-state index contributed by atoms with van der Waals surface area (Å²) < 4.78 is 5.02. The first kappa shape index (κ1) is 25.3. The van der Waals surface area contributed by atoms with Crippen molar-refractivity contribution in [3.63, 3.8) is 0 Å². The smallest absolute Gasteiger partial charge is 0.356 e. The van der Waals surface area contributed by atoms with E-state index in [9.17, 15) is 14.7 Å². The first-order chi connectivity index (χ1) is 14.9. The van der Waals surface area contributed by atoms with Gasteiger partial charge in [0.25, 0.3) is 0 Å². The maximum absolute atomic E-state index is 12.0. The molecule has 0 saturated heterocycles. The highest BCUT2D eigenvalue weighted by Crippen LogP contribution is 2.35. The fourth-order valence-electron chi connectivity index (χ4n) is 3.09. The monoisotopic (exact) mass is 457 g/mol. The van der Waals surface area contributed by atoms with E-state index in [2.05, 4.69) is 4.98 Å². The second-order valence-electron chi connectivity index (χ2n) is 8.28. The lowest BCUT2D eigenvalue weighted by molar-refractivity contribution is -0.136. The molecule has 0 amide bonds. The Bertz CT molecular complexity index is 1110. The van der Waals surface area contributed by atoms with E-state index < -0.39 is 17.5 Å². The summed E-state index contributed by atoms with van der Waals surface area (Å²) >= 11 is 6.00. The number of hydrogen-bond acceptors (Lipinski definition) is 5. The van der Waals surface area contributed by atoms with E-state index in [-0.39, 0.29) is 18.7 Å². The van der Waals surface area contributed by atoms with Crippen molar-refractivity contribution in [3.8, 4) is 11.1 Å². The van der Waals surface area contributed by atoms with Crippen molar-refractivity contribution >= 4 is 34.4 Å². The van der Waals surface area contributed by atoms with Gasteiger partial charge in [0.2, 0.25) is 0 Å². The van der Waals surface area contributed by atoms with Crippen molar-refractivity contribution in [1.29, 1.82) is 0 Å². The molecule has 0 aliphatic heterocycles. The summed E-state index contributed by atoms with van der Waals surface area (Å²) in [5.41, 5.74) is 3.46. The first-order valence-electron chi connectivity index (χ1n) is 10.2. The van der Waals surface area contributed by atoms with Crippen LogP contribution in [0.25, 0.3) is 22.0 Å². The van der Waals surface area contributed by atoms with E-state index in [0.29, 0.717) is 16.1 Å². The quantitative estimate of drug-likeness (QED) is 0.495. The molecule has 2 N–H and O–H groups in total. The van der Waals surface area contributed by atoms with E-state index in [4.69, 9.17) is 21.4 Å². The SMILES string of the molecule is CC(C)(C)O.CCOC(=O)c1ccc2c(-c3ccc(Cl)cc3)c(CC(=O)O)c(C)cc2n1. The number of aromatic nitrogens is 1. The Balaban J connectivity index is 0.000000654. The second kappa shape index (κ2) is 10.6. The molecule has 7 heteroatoms. The van der Waals surface area contributed by atoms with Gasteiger partial charge in [-0.2, -0.15) is 0 Å². The highest BCUT2D eigenvalue weighted by Gasteiger charge is 2.18. The number of halogens is 1. The number of ether oxygens (including phenoxy) is 1. The normalized spacial score (nSPS) is 11.0. The highest BCUT2D eigenvalue weighted by molar-refractivity contribution is 6.30. The fourth-order valence-corrected chi connectivity index (χ4v) is 3.22. The van der Waals surface area contributed by atoms with Gasteiger partial charge in [-0.25, -0.2) is 9.78 Å². The Morgan fingerprint density at radius 3 is 2.22 bits per heavy atom. The lowest BCUT2D eigenvalue weighted by Gasteiger charge is -2.16. The van der Waals surface area contributed by atoms with E-state index in [1.54, 1.807) is 58.0 Å². The molecule has 0 saturated carbocycles. The van der Waals surface area contributed by atoms with Gasteiger partial charge in [0.05, 0.1) is 24.1 Å². The maximum Gasteiger partial charge on any atom is 0.356 e. The molecule has 32 heavy (non-hydrogen) atoms. The van der Waals surface area contributed by atoms with Gasteiger partial charge in [-0.3, -0.25) is 4.79 Å². The molecule has 3 aromatic rings.